The number of carbonyl (C=O) groups is 3. The van der Waals surface area contributed by atoms with Gasteiger partial charge in [0.1, 0.15) is 6.54 Å². The highest BCUT2D eigenvalue weighted by Gasteiger charge is 2.48. The number of benzene rings is 1. The standard InChI is InChI=1S/C22H28ClN3O3/c23-17-8-6-16(7-9-17)14-24-10-3-11-25(13-12-24)20(27)15-26-21(28)18-4-1-2-5-19(18)22(26)29/h6-9,18-19H,1-5,10-15H2/t18-,19-/m1/s1. The molecule has 0 spiro atoms. The summed E-state index contributed by atoms with van der Waals surface area (Å²) in [6.45, 7) is 3.71. The molecule has 2 aliphatic heterocycles. The lowest BCUT2D eigenvalue weighted by atomic mass is 9.81. The molecule has 4 rings (SSSR count). The van der Waals surface area contributed by atoms with E-state index in [2.05, 4.69) is 4.90 Å². The predicted molar refractivity (Wildman–Crippen MR) is 110 cm³/mol. The van der Waals surface area contributed by atoms with Crippen molar-refractivity contribution in [2.75, 3.05) is 32.7 Å². The summed E-state index contributed by atoms with van der Waals surface area (Å²) in [5.41, 5.74) is 1.20. The molecule has 1 aromatic rings. The minimum atomic E-state index is -0.192. The van der Waals surface area contributed by atoms with E-state index in [1.807, 2.05) is 29.2 Å². The maximum Gasteiger partial charge on any atom is 0.242 e. The van der Waals surface area contributed by atoms with E-state index in [0.29, 0.717) is 13.1 Å². The molecule has 1 aliphatic carbocycles. The summed E-state index contributed by atoms with van der Waals surface area (Å²) >= 11 is 5.96. The number of likely N-dealkylation sites (tertiary alicyclic amines) is 1. The van der Waals surface area contributed by atoms with E-state index in [4.69, 9.17) is 11.6 Å². The Labute approximate surface area is 176 Å². The van der Waals surface area contributed by atoms with Gasteiger partial charge in [-0.1, -0.05) is 36.6 Å². The van der Waals surface area contributed by atoms with E-state index in [1.54, 1.807) is 0 Å². The number of amides is 3. The second-order valence-corrected chi connectivity index (χ2v) is 8.83. The fourth-order valence-corrected chi connectivity index (χ4v) is 4.97. The van der Waals surface area contributed by atoms with Gasteiger partial charge >= 0.3 is 0 Å². The first-order chi connectivity index (χ1) is 14.0. The van der Waals surface area contributed by atoms with E-state index < -0.39 is 0 Å². The van der Waals surface area contributed by atoms with Gasteiger partial charge in [0.15, 0.2) is 0 Å². The molecule has 1 saturated carbocycles. The second-order valence-electron chi connectivity index (χ2n) is 8.40. The molecule has 7 heteroatoms. The van der Waals surface area contributed by atoms with E-state index in [9.17, 15) is 14.4 Å². The van der Waals surface area contributed by atoms with Crippen LogP contribution in [0.1, 0.15) is 37.7 Å². The third-order valence-electron chi connectivity index (χ3n) is 6.49. The number of fused-ring (bicyclic) bond motifs is 1. The lowest BCUT2D eigenvalue weighted by Gasteiger charge is -2.24. The zero-order valence-electron chi connectivity index (χ0n) is 16.7. The molecule has 156 valence electrons. The summed E-state index contributed by atoms with van der Waals surface area (Å²) in [7, 11) is 0. The largest absolute Gasteiger partial charge is 0.340 e. The number of hydrogen-bond donors (Lipinski definition) is 0. The smallest absolute Gasteiger partial charge is 0.242 e. The summed E-state index contributed by atoms with van der Waals surface area (Å²) in [5, 5.41) is 0.729. The van der Waals surface area contributed by atoms with E-state index in [1.165, 1.54) is 10.5 Å². The van der Waals surface area contributed by atoms with Crippen molar-refractivity contribution in [1.82, 2.24) is 14.7 Å². The Balaban J connectivity index is 1.32. The Morgan fingerprint density at radius 1 is 0.897 bits per heavy atom. The topological polar surface area (TPSA) is 60.9 Å². The third kappa shape index (κ3) is 4.48. The number of carbonyl (C=O) groups excluding carboxylic acids is 3. The van der Waals surface area contributed by atoms with Gasteiger partial charge in [-0.3, -0.25) is 24.2 Å². The lowest BCUT2D eigenvalue weighted by Crippen LogP contribution is -2.44. The van der Waals surface area contributed by atoms with Gasteiger partial charge in [-0.25, -0.2) is 0 Å². The first-order valence-corrected chi connectivity index (χ1v) is 11.0. The highest BCUT2D eigenvalue weighted by Crippen LogP contribution is 2.37. The molecule has 29 heavy (non-hydrogen) atoms. The van der Waals surface area contributed by atoms with Crippen LogP contribution >= 0.6 is 11.6 Å². The van der Waals surface area contributed by atoms with Crippen LogP contribution in [-0.4, -0.2) is 65.1 Å². The van der Waals surface area contributed by atoms with Crippen LogP contribution in [0.15, 0.2) is 24.3 Å². The van der Waals surface area contributed by atoms with Crippen LogP contribution < -0.4 is 0 Å². The normalized spacial score (nSPS) is 25.8. The molecule has 2 heterocycles. The van der Waals surface area contributed by atoms with Crippen molar-refractivity contribution < 1.29 is 14.4 Å². The molecule has 3 fully saturated rings. The van der Waals surface area contributed by atoms with Gasteiger partial charge in [0, 0.05) is 37.7 Å². The fraction of sp³-hybridized carbons (Fsp3) is 0.591. The van der Waals surface area contributed by atoms with Crippen LogP contribution in [0.3, 0.4) is 0 Å². The Bertz CT molecular complexity index is 758. The highest BCUT2D eigenvalue weighted by atomic mass is 35.5. The minimum Gasteiger partial charge on any atom is -0.340 e. The van der Waals surface area contributed by atoms with E-state index >= 15 is 0 Å². The molecule has 6 nitrogen and oxygen atoms in total. The Morgan fingerprint density at radius 2 is 1.55 bits per heavy atom. The number of nitrogens with zero attached hydrogens (tertiary/aromatic N) is 3. The van der Waals surface area contributed by atoms with Crippen LogP contribution in [0.2, 0.25) is 5.02 Å². The molecule has 3 amide bonds. The molecule has 2 saturated heterocycles. The Morgan fingerprint density at radius 3 is 2.21 bits per heavy atom. The molecule has 0 aromatic heterocycles. The summed E-state index contributed by atoms with van der Waals surface area (Å²) in [5.74, 6) is -0.760. The van der Waals surface area contributed by atoms with Crippen LogP contribution in [0.4, 0.5) is 0 Å². The van der Waals surface area contributed by atoms with Crippen molar-refractivity contribution in [3.05, 3.63) is 34.9 Å². The van der Waals surface area contributed by atoms with E-state index in [0.717, 1.165) is 56.8 Å². The number of hydrogen-bond acceptors (Lipinski definition) is 4. The van der Waals surface area contributed by atoms with Crippen molar-refractivity contribution in [2.45, 2.75) is 38.6 Å². The van der Waals surface area contributed by atoms with Crippen molar-refractivity contribution in [3.63, 3.8) is 0 Å². The van der Waals surface area contributed by atoms with Gasteiger partial charge in [-0.2, -0.15) is 0 Å². The summed E-state index contributed by atoms with van der Waals surface area (Å²) < 4.78 is 0. The van der Waals surface area contributed by atoms with Crippen LogP contribution in [-0.2, 0) is 20.9 Å². The van der Waals surface area contributed by atoms with Gasteiger partial charge in [-0.15, -0.1) is 0 Å². The number of rotatable bonds is 4. The molecule has 0 N–H and O–H groups in total. The first-order valence-electron chi connectivity index (χ1n) is 10.6. The molecule has 1 aromatic carbocycles. The zero-order valence-corrected chi connectivity index (χ0v) is 17.4. The van der Waals surface area contributed by atoms with Gasteiger partial charge < -0.3 is 4.90 Å². The first kappa shape index (κ1) is 20.4. The molecule has 0 radical (unpaired) electrons. The lowest BCUT2D eigenvalue weighted by molar-refractivity contribution is -0.146. The van der Waals surface area contributed by atoms with Crippen molar-refractivity contribution in [3.8, 4) is 0 Å². The molecule has 3 aliphatic rings. The van der Waals surface area contributed by atoms with Crippen LogP contribution in [0, 0.1) is 11.8 Å². The average Bonchev–Trinajstić information content (AvgIpc) is 2.89. The van der Waals surface area contributed by atoms with Gasteiger partial charge in [0.2, 0.25) is 17.7 Å². The molecule has 0 bridgehead atoms. The van der Waals surface area contributed by atoms with Gasteiger partial charge in [0.05, 0.1) is 11.8 Å². The maximum absolute atomic E-state index is 12.9. The highest BCUT2D eigenvalue weighted by molar-refractivity contribution is 6.30. The van der Waals surface area contributed by atoms with Crippen LogP contribution in [0.25, 0.3) is 0 Å². The van der Waals surface area contributed by atoms with E-state index in [-0.39, 0.29) is 36.1 Å². The number of halogens is 1. The second kappa shape index (κ2) is 8.84. The Hall–Kier alpha value is -1.92. The average molecular weight is 418 g/mol. The number of imide groups is 1. The molecular formula is C22H28ClN3O3. The fourth-order valence-electron chi connectivity index (χ4n) is 4.85. The SMILES string of the molecule is O=C(CN1C(=O)[C@@H]2CCCC[C@H]2C1=O)N1CCCN(Cc2ccc(Cl)cc2)CC1. The quantitative estimate of drug-likeness (QED) is 0.706. The monoisotopic (exact) mass is 417 g/mol. The maximum atomic E-state index is 12.9. The molecule has 2 atom stereocenters. The van der Waals surface area contributed by atoms with Gasteiger partial charge in [0.25, 0.3) is 0 Å². The minimum absolute atomic E-state index is 0.0954. The predicted octanol–water partition coefficient (Wildman–Crippen LogP) is 2.55. The van der Waals surface area contributed by atoms with Crippen molar-refractivity contribution >= 4 is 29.3 Å². The summed E-state index contributed by atoms with van der Waals surface area (Å²) in [4.78, 5) is 43.5. The van der Waals surface area contributed by atoms with Crippen molar-refractivity contribution in [2.24, 2.45) is 11.8 Å². The third-order valence-corrected chi connectivity index (χ3v) is 6.74. The molecule has 0 unspecified atom stereocenters. The summed E-state index contributed by atoms with van der Waals surface area (Å²) in [6, 6.07) is 7.85. The zero-order chi connectivity index (χ0) is 20.4. The molecular weight excluding hydrogens is 390 g/mol. The van der Waals surface area contributed by atoms with Crippen molar-refractivity contribution in [1.29, 1.82) is 0 Å². The van der Waals surface area contributed by atoms with Crippen LogP contribution in [0.5, 0.6) is 0 Å². The van der Waals surface area contributed by atoms with Gasteiger partial charge in [-0.05, 0) is 37.0 Å². The summed E-state index contributed by atoms with van der Waals surface area (Å²) in [6.07, 6.45) is 4.44. The Kier molecular flexibility index (Phi) is 6.20.